The van der Waals surface area contributed by atoms with Crippen molar-refractivity contribution in [3.05, 3.63) is 29.8 Å². The Morgan fingerprint density at radius 3 is 2.40 bits per heavy atom. The average Bonchev–Trinajstić information content (AvgIpc) is 2.80. The van der Waals surface area contributed by atoms with Crippen LogP contribution in [-0.2, 0) is 10.0 Å². The molecule has 0 atom stereocenters. The lowest BCUT2D eigenvalue weighted by Gasteiger charge is -2.28. The van der Waals surface area contributed by atoms with Crippen LogP contribution in [0.25, 0.3) is 0 Å². The van der Waals surface area contributed by atoms with Crippen molar-refractivity contribution in [3.63, 3.8) is 0 Å². The summed E-state index contributed by atoms with van der Waals surface area (Å²) in [4.78, 5) is -0.674. The lowest BCUT2D eigenvalue weighted by molar-refractivity contribution is 0.398. The normalized spacial score (nSPS) is 17.8. The van der Waals surface area contributed by atoms with E-state index in [-0.39, 0.29) is 19.0 Å². The highest BCUT2D eigenvalue weighted by Crippen LogP contribution is 2.30. The standard InChI is InChI=1S/C12H16F2N2O2S.ClH/c13-9-3-4-10(14)11(7-9)19(17,18)16-12(8-15)5-1-2-6-12;/h3-4,7,16H,1-2,5-6,8,15H2;1H. The number of halogens is 3. The molecule has 1 aliphatic rings. The van der Waals surface area contributed by atoms with Crippen molar-refractivity contribution in [2.24, 2.45) is 5.73 Å². The summed E-state index contributed by atoms with van der Waals surface area (Å²) in [5.74, 6) is -1.77. The second kappa shape index (κ2) is 6.34. The fourth-order valence-electron chi connectivity index (χ4n) is 2.42. The Morgan fingerprint density at radius 2 is 1.85 bits per heavy atom. The molecule has 114 valence electrons. The van der Waals surface area contributed by atoms with Crippen molar-refractivity contribution in [1.29, 1.82) is 0 Å². The molecule has 20 heavy (non-hydrogen) atoms. The molecule has 3 N–H and O–H groups in total. The summed E-state index contributed by atoms with van der Waals surface area (Å²) in [6.45, 7) is 0.142. The summed E-state index contributed by atoms with van der Waals surface area (Å²) in [6.07, 6.45) is 2.95. The molecule has 0 bridgehead atoms. The van der Waals surface area contributed by atoms with Gasteiger partial charge in [0.15, 0.2) is 0 Å². The Kier molecular flexibility index (Phi) is 5.48. The molecule has 4 nitrogen and oxygen atoms in total. The zero-order valence-electron chi connectivity index (χ0n) is 10.7. The van der Waals surface area contributed by atoms with Crippen molar-refractivity contribution in [2.75, 3.05) is 6.54 Å². The highest BCUT2D eigenvalue weighted by molar-refractivity contribution is 7.89. The van der Waals surface area contributed by atoms with Gasteiger partial charge in [-0.1, -0.05) is 12.8 Å². The molecule has 0 spiro atoms. The Balaban J connectivity index is 0.00000200. The maximum atomic E-state index is 13.6. The fraction of sp³-hybridized carbons (Fsp3) is 0.500. The topological polar surface area (TPSA) is 72.2 Å². The van der Waals surface area contributed by atoms with Crippen LogP contribution < -0.4 is 10.5 Å². The van der Waals surface area contributed by atoms with Crippen molar-refractivity contribution in [1.82, 2.24) is 4.72 Å². The van der Waals surface area contributed by atoms with E-state index < -0.39 is 32.1 Å². The largest absolute Gasteiger partial charge is 0.329 e. The molecule has 1 aromatic rings. The predicted octanol–water partition coefficient (Wildman–Crippen LogP) is 1.94. The highest BCUT2D eigenvalue weighted by atomic mass is 35.5. The molecule has 0 aromatic heterocycles. The van der Waals surface area contributed by atoms with E-state index >= 15 is 0 Å². The Labute approximate surface area is 123 Å². The van der Waals surface area contributed by atoms with Crippen LogP contribution in [0.4, 0.5) is 8.78 Å². The molecule has 0 aliphatic heterocycles. The van der Waals surface area contributed by atoms with Gasteiger partial charge in [-0.3, -0.25) is 0 Å². The number of nitrogens with one attached hydrogen (secondary N) is 1. The van der Waals surface area contributed by atoms with Crippen LogP contribution in [0.5, 0.6) is 0 Å². The summed E-state index contributed by atoms with van der Waals surface area (Å²) in [5.41, 5.74) is 4.89. The summed E-state index contributed by atoms with van der Waals surface area (Å²) >= 11 is 0. The van der Waals surface area contributed by atoms with Gasteiger partial charge < -0.3 is 5.73 Å². The molecule has 2 rings (SSSR count). The van der Waals surface area contributed by atoms with Gasteiger partial charge in [0.25, 0.3) is 0 Å². The molecular formula is C12H17ClF2N2O2S. The van der Waals surface area contributed by atoms with Crippen LogP contribution in [0.15, 0.2) is 23.1 Å². The van der Waals surface area contributed by atoms with E-state index in [2.05, 4.69) is 4.72 Å². The minimum absolute atomic E-state index is 0. The molecule has 1 saturated carbocycles. The van der Waals surface area contributed by atoms with Gasteiger partial charge in [0, 0.05) is 12.1 Å². The van der Waals surface area contributed by atoms with Crippen molar-refractivity contribution >= 4 is 22.4 Å². The smallest absolute Gasteiger partial charge is 0.244 e. The molecule has 0 amide bonds. The zero-order valence-corrected chi connectivity index (χ0v) is 12.4. The van der Waals surface area contributed by atoms with E-state index in [1.807, 2.05) is 0 Å². The van der Waals surface area contributed by atoms with Crippen molar-refractivity contribution < 1.29 is 17.2 Å². The lowest BCUT2D eigenvalue weighted by atomic mass is 10.0. The lowest BCUT2D eigenvalue weighted by Crippen LogP contribution is -2.51. The molecule has 1 fully saturated rings. The molecule has 0 radical (unpaired) electrons. The first-order valence-electron chi connectivity index (χ1n) is 6.08. The Bertz CT molecular complexity index is 575. The maximum absolute atomic E-state index is 13.6. The number of rotatable bonds is 4. The van der Waals surface area contributed by atoms with Crippen LogP contribution in [0.1, 0.15) is 25.7 Å². The van der Waals surface area contributed by atoms with Gasteiger partial charge in [-0.15, -0.1) is 12.4 Å². The van der Waals surface area contributed by atoms with E-state index in [4.69, 9.17) is 5.73 Å². The monoisotopic (exact) mass is 326 g/mol. The third-order valence-corrected chi connectivity index (χ3v) is 5.08. The minimum Gasteiger partial charge on any atom is -0.329 e. The Morgan fingerprint density at radius 1 is 1.25 bits per heavy atom. The van der Waals surface area contributed by atoms with E-state index in [0.717, 1.165) is 25.0 Å². The van der Waals surface area contributed by atoms with Gasteiger partial charge in [-0.05, 0) is 31.0 Å². The van der Waals surface area contributed by atoms with Crippen LogP contribution in [-0.4, -0.2) is 20.5 Å². The van der Waals surface area contributed by atoms with Crippen LogP contribution >= 0.6 is 12.4 Å². The number of benzene rings is 1. The van der Waals surface area contributed by atoms with Crippen LogP contribution in [0.3, 0.4) is 0 Å². The fourth-order valence-corrected chi connectivity index (χ4v) is 3.98. The van der Waals surface area contributed by atoms with E-state index in [1.165, 1.54) is 0 Å². The summed E-state index contributed by atoms with van der Waals surface area (Å²) in [5, 5.41) is 0. The summed E-state index contributed by atoms with van der Waals surface area (Å²) in [6, 6.07) is 2.35. The molecular weight excluding hydrogens is 310 g/mol. The third kappa shape index (κ3) is 3.46. The third-order valence-electron chi connectivity index (χ3n) is 3.49. The number of hydrogen-bond acceptors (Lipinski definition) is 3. The molecule has 0 unspecified atom stereocenters. The average molecular weight is 327 g/mol. The van der Waals surface area contributed by atoms with Gasteiger partial charge in [0.05, 0.1) is 0 Å². The molecule has 1 aliphatic carbocycles. The van der Waals surface area contributed by atoms with Crippen LogP contribution in [0, 0.1) is 11.6 Å². The Hall–Kier alpha value is -0.760. The van der Waals surface area contributed by atoms with Gasteiger partial charge in [0.2, 0.25) is 10.0 Å². The molecule has 1 aromatic carbocycles. The van der Waals surface area contributed by atoms with Crippen molar-refractivity contribution in [2.45, 2.75) is 36.1 Å². The van der Waals surface area contributed by atoms with E-state index in [9.17, 15) is 17.2 Å². The van der Waals surface area contributed by atoms with Gasteiger partial charge in [-0.2, -0.15) is 0 Å². The summed E-state index contributed by atoms with van der Waals surface area (Å²) in [7, 11) is -4.11. The highest BCUT2D eigenvalue weighted by Gasteiger charge is 2.37. The van der Waals surface area contributed by atoms with Crippen molar-refractivity contribution in [3.8, 4) is 0 Å². The molecule has 8 heteroatoms. The number of hydrogen-bond donors (Lipinski definition) is 2. The molecule has 0 saturated heterocycles. The number of sulfonamides is 1. The maximum Gasteiger partial charge on any atom is 0.244 e. The zero-order chi connectivity index (χ0) is 14.1. The second-order valence-electron chi connectivity index (χ2n) is 4.87. The van der Waals surface area contributed by atoms with E-state index in [1.54, 1.807) is 0 Å². The quantitative estimate of drug-likeness (QED) is 0.888. The number of nitrogens with two attached hydrogens (primary N) is 1. The first-order valence-corrected chi connectivity index (χ1v) is 7.56. The summed E-state index contributed by atoms with van der Waals surface area (Å²) < 4.78 is 53.4. The molecule has 0 heterocycles. The van der Waals surface area contributed by atoms with Gasteiger partial charge >= 0.3 is 0 Å². The van der Waals surface area contributed by atoms with E-state index in [0.29, 0.717) is 18.9 Å². The second-order valence-corrected chi connectivity index (χ2v) is 6.52. The first kappa shape index (κ1) is 17.3. The SMILES string of the molecule is Cl.NCC1(NS(=O)(=O)c2cc(F)ccc2F)CCCC1. The van der Waals surface area contributed by atoms with Gasteiger partial charge in [-0.25, -0.2) is 21.9 Å². The van der Waals surface area contributed by atoms with Gasteiger partial charge in [0.1, 0.15) is 16.5 Å². The van der Waals surface area contributed by atoms with Crippen LogP contribution in [0.2, 0.25) is 0 Å². The minimum atomic E-state index is -4.11. The predicted molar refractivity (Wildman–Crippen MR) is 74.2 cm³/mol. The first-order chi connectivity index (χ1) is 8.88.